The number of rotatable bonds is 6. The summed E-state index contributed by atoms with van der Waals surface area (Å²) in [5.41, 5.74) is 1.47. The van der Waals surface area contributed by atoms with E-state index < -0.39 is 5.97 Å². The molecule has 8 heteroatoms. The zero-order valence-electron chi connectivity index (χ0n) is 9.29. The molecule has 0 spiro atoms. The Balaban J connectivity index is 2.11. The fourth-order valence-electron chi connectivity index (χ4n) is 1.53. The highest BCUT2D eigenvalue weighted by molar-refractivity contribution is 5.94. The molecular formula is C10H10N4O4. The van der Waals surface area contributed by atoms with Crippen LogP contribution >= 0.6 is 0 Å². The number of carbonyl (C=O) groups is 1. The largest absolute Gasteiger partial charge is 0.481 e. The van der Waals surface area contributed by atoms with E-state index in [1.165, 1.54) is 6.07 Å². The first-order valence-corrected chi connectivity index (χ1v) is 5.26. The summed E-state index contributed by atoms with van der Waals surface area (Å²) in [6.07, 6.45) is 0.566. The molecule has 0 saturated heterocycles. The predicted octanol–water partition coefficient (Wildman–Crippen LogP) is 1.90. The minimum Gasteiger partial charge on any atom is -0.481 e. The summed E-state index contributed by atoms with van der Waals surface area (Å²) >= 11 is 0. The van der Waals surface area contributed by atoms with Crippen molar-refractivity contribution in [2.75, 3.05) is 11.9 Å². The third-order valence-corrected chi connectivity index (χ3v) is 2.38. The van der Waals surface area contributed by atoms with Gasteiger partial charge < -0.3 is 10.4 Å². The fourth-order valence-corrected chi connectivity index (χ4v) is 1.53. The SMILES string of the molecule is O=Nc1ccc(NCCCC(=O)O)c2nonc12. The second-order valence-electron chi connectivity index (χ2n) is 3.61. The van der Waals surface area contributed by atoms with Crippen LogP contribution in [0.25, 0.3) is 11.0 Å². The summed E-state index contributed by atoms with van der Waals surface area (Å²) in [6, 6.07) is 3.13. The normalized spacial score (nSPS) is 10.4. The average molecular weight is 250 g/mol. The number of carboxylic acid groups (broad SMARTS) is 1. The van der Waals surface area contributed by atoms with Crippen LogP contribution < -0.4 is 5.32 Å². The average Bonchev–Trinajstić information content (AvgIpc) is 2.83. The third kappa shape index (κ3) is 2.42. The van der Waals surface area contributed by atoms with Crippen molar-refractivity contribution >= 4 is 28.4 Å². The Bertz CT molecular complexity index is 580. The van der Waals surface area contributed by atoms with Gasteiger partial charge in [-0.3, -0.25) is 4.79 Å². The number of fused-ring (bicyclic) bond motifs is 1. The highest BCUT2D eigenvalue weighted by atomic mass is 16.6. The molecule has 0 saturated carbocycles. The van der Waals surface area contributed by atoms with Crippen LogP contribution in [0.3, 0.4) is 0 Å². The van der Waals surface area contributed by atoms with Crippen LogP contribution in [0.4, 0.5) is 11.4 Å². The molecule has 2 rings (SSSR count). The van der Waals surface area contributed by atoms with E-state index in [-0.39, 0.29) is 17.6 Å². The number of hydrogen-bond donors (Lipinski definition) is 2. The van der Waals surface area contributed by atoms with Gasteiger partial charge in [0.25, 0.3) is 0 Å². The highest BCUT2D eigenvalue weighted by Crippen LogP contribution is 2.28. The summed E-state index contributed by atoms with van der Waals surface area (Å²) in [5.74, 6) is -0.842. The molecule has 2 aromatic rings. The first kappa shape index (κ1) is 12.0. The summed E-state index contributed by atoms with van der Waals surface area (Å²) in [6.45, 7) is 0.474. The van der Waals surface area contributed by atoms with Crippen LogP contribution in [0.1, 0.15) is 12.8 Å². The third-order valence-electron chi connectivity index (χ3n) is 2.38. The zero-order valence-corrected chi connectivity index (χ0v) is 9.29. The molecule has 0 aliphatic heterocycles. The van der Waals surface area contributed by atoms with Crippen LogP contribution in [-0.4, -0.2) is 27.9 Å². The minimum atomic E-state index is -0.842. The Morgan fingerprint density at radius 1 is 1.39 bits per heavy atom. The van der Waals surface area contributed by atoms with Crippen LogP contribution in [0.5, 0.6) is 0 Å². The smallest absolute Gasteiger partial charge is 0.303 e. The molecule has 0 fully saturated rings. The van der Waals surface area contributed by atoms with E-state index in [2.05, 4.69) is 25.4 Å². The molecule has 0 unspecified atom stereocenters. The lowest BCUT2D eigenvalue weighted by Crippen LogP contribution is -2.05. The highest BCUT2D eigenvalue weighted by Gasteiger charge is 2.11. The molecule has 0 atom stereocenters. The van der Waals surface area contributed by atoms with Gasteiger partial charge in [0.05, 0.1) is 5.69 Å². The molecule has 1 aromatic heterocycles. The minimum absolute atomic E-state index is 0.0845. The Morgan fingerprint density at radius 3 is 2.89 bits per heavy atom. The van der Waals surface area contributed by atoms with E-state index in [0.29, 0.717) is 24.2 Å². The summed E-state index contributed by atoms with van der Waals surface area (Å²) in [4.78, 5) is 20.9. The Labute approximate surface area is 101 Å². The monoisotopic (exact) mass is 250 g/mol. The van der Waals surface area contributed by atoms with E-state index >= 15 is 0 Å². The quantitative estimate of drug-likeness (QED) is 0.593. The Kier molecular flexibility index (Phi) is 3.46. The zero-order chi connectivity index (χ0) is 13.0. The van der Waals surface area contributed by atoms with Gasteiger partial charge in [-0.2, -0.15) is 0 Å². The van der Waals surface area contributed by atoms with E-state index in [0.717, 1.165) is 0 Å². The van der Waals surface area contributed by atoms with E-state index in [4.69, 9.17) is 5.11 Å². The molecule has 0 aliphatic rings. The standard InChI is InChI=1S/C10H10N4O4/c15-8(16)2-1-5-11-6-3-4-7(12-17)10-9(6)13-18-14-10/h3-4,11H,1-2,5H2,(H,15,16). The van der Waals surface area contributed by atoms with Gasteiger partial charge in [0.1, 0.15) is 5.69 Å². The van der Waals surface area contributed by atoms with Gasteiger partial charge in [-0.05, 0) is 34.0 Å². The van der Waals surface area contributed by atoms with Crippen LogP contribution in [0.15, 0.2) is 21.9 Å². The van der Waals surface area contributed by atoms with Crippen molar-refractivity contribution in [1.29, 1.82) is 0 Å². The Hall–Kier alpha value is -2.51. The molecule has 0 radical (unpaired) electrons. The molecule has 2 N–H and O–H groups in total. The lowest BCUT2D eigenvalue weighted by molar-refractivity contribution is -0.137. The number of hydrogen-bond acceptors (Lipinski definition) is 7. The van der Waals surface area contributed by atoms with Gasteiger partial charge in [-0.15, -0.1) is 4.91 Å². The molecule has 0 bridgehead atoms. The summed E-state index contributed by atoms with van der Waals surface area (Å²) < 4.78 is 4.56. The van der Waals surface area contributed by atoms with E-state index in [9.17, 15) is 9.70 Å². The molecule has 1 aromatic carbocycles. The number of anilines is 1. The maximum atomic E-state index is 10.5. The van der Waals surface area contributed by atoms with Crippen molar-refractivity contribution in [1.82, 2.24) is 10.3 Å². The number of aromatic nitrogens is 2. The molecule has 8 nitrogen and oxygen atoms in total. The van der Waals surface area contributed by atoms with Gasteiger partial charge in [0, 0.05) is 13.0 Å². The first-order valence-electron chi connectivity index (χ1n) is 5.26. The number of benzene rings is 1. The predicted molar refractivity (Wildman–Crippen MR) is 62.6 cm³/mol. The van der Waals surface area contributed by atoms with Gasteiger partial charge in [0.2, 0.25) is 0 Å². The number of aliphatic carboxylic acids is 1. The topological polar surface area (TPSA) is 118 Å². The van der Waals surface area contributed by atoms with Crippen molar-refractivity contribution in [2.24, 2.45) is 5.18 Å². The Morgan fingerprint density at radius 2 is 2.17 bits per heavy atom. The molecule has 1 heterocycles. The molecular weight excluding hydrogens is 240 g/mol. The molecule has 0 amide bonds. The van der Waals surface area contributed by atoms with Crippen LogP contribution in [-0.2, 0) is 4.79 Å². The first-order chi connectivity index (χ1) is 8.72. The van der Waals surface area contributed by atoms with Gasteiger partial charge in [-0.1, -0.05) is 0 Å². The molecule has 18 heavy (non-hydrogen) atoms. The molecule has 94 valence electrons. The summed E-state index contributed by atoms with van der Waals surface area (Å²) in [7, 11) is 0. The number of nitroso groups, excluding NO2 is 1. The maximum Gasteiger partial charge on any atom is 0.303 e. The van der Waals surface area contributed by atoms with Crippen molar-refractivity contribution in [3.05, 3.63) is 17.0 Å². The second kappa shape index (κ2) is 5.21. The fraction of sp³-hybridized carbons (Fsp3) is 0.300. The summed E-state index contributed by atoms with van der Waals surface area (Å²) in [5, 5.41) is 21.6. The van der Waals surface area contributed by atoms with Crippen molar-refractivity contribution in [3.63, 3.8) is 0 Å². The van der Waals surface area contributed by atoms with Crippen LogP contribution in [0, 0.1) is 4.91 Å². The number of carboxylic acids is 1. The van der Waals surface area contributed by atoms with Gasteiger partial charge in [-0.25, -0.2) is 4.63 Å². The second-order valence-corrected chi connectivity index (χ2v) is 3.61. The van der Waals surface area contributed by atoms with Gasteiger partial charge in [0.15, 0.2) is 11.0 Å². The van der Waals surface area contributed by atoms with Crippen molar-refractivity contribution < 1.29 is 14.5 Å². The number of nitrogens with one attached hydrogen (secondary N) is 1. The molecule has 0 aliphatic carbocycles. The van der Waals surface area contributed by atoms with Crippen molar-refractivity contribution in [2.45, 2.75) is 12.8 Å². The van der Waals surface area contributed by atoms with Crippen LogP contribution in [0.2, 0.25) is 0 Å². The van der Waals surface area contributed by atoms with E-state index in [1.54, 1.807) is 6.07 Å². The lowest BCUT2D eigenvalue weighted by Gasteiger charge is -2.05. The lowest BCUT2D eigenvalue weighted by atomic mass is 10.2. The van der Waals surface area contributed by atoms with E-state index in [1.807, 2.05) is 0 Å². The van der Waals surface area contributed by atoms with Gasteiger partial charge >= 0.3 is 5.97 Å². The number of nitrogens with zero attached hydrogens (tertiary/aromatic N) is 3. The maximum absolute atomic E-state index is 10.5. The van der Waals surface area contributed by atoms with Crippen molar-refractivity contribution in [3.8, 4) is 0 Å².